The Kier molecular flexibility index (Phi) is 8.30. The van der Waals surface area contributed by atoms with Gasteiger partial charge in [-0.15, -0.1) is 0 Å². The number of methoxy groups -OCH3 is 1. The van der Waals surface area contributed by atoms with Crippen molar-refractivity contribution in [2.75, 3.05) is 20.3 Å². The van der Waals surface area contributed by atoms with Crippen molar-refractivity contribution in [3.63, 3.8) is 0 Å². The molecule has 3 N–H and O–H groups in total. The quantitative estimate of drug-likeness (QED) is 0.574. The molecule has 7 heteroatoms. The van der Waals surface area contributed by atoms with Crippen molar-refractivity contribution in [1.82, 2.24) is 10.6 Å². The summed E-state index contributed by atoms with van der Waals surface area (Å²) in [5.41, 5.74) is 1.55. The number of aliphatic hydroxyl groups is 1. The molecule has 150 valence electrons. The monoisotopic (exact) mass is 386 g/mol. The third-order valence-electron chi connectivity index (χ3n) is 4.14. The molecule has 0 bridgehead atoms. The summed E-state index contributed by atoms with van der Waals surface area (Å²) < 4.78 is 10.1. The van der Waals surface area contributed by atoms with Crippen LogP contribution in [0.15, 0.2) is 54.6 Å². The Morgan fingerprint density at radius 1 is 1.07 bits per heavy atom. The number of rotatable bonds is 9. The second kappa shape index (κ2) is 10.9. The fraction of sp³-hybridized carbons (Fsp3) is 0.333. The number of benzene rings is 2. The van der Waals surface area contributed by atoms with Crippen LogP contribution in [-0.2, 0) is 16.0 Å². The van der Waals surface area contributed by atoms with Gasteiger partial charge in [0.1, 0.15) is 11.9 Å². The van der Waals surface area contributed by atoms with E-state index in [9.17, 15) is 14.7 Å². The van der Waals surface area contributed by atoms with Gasteiger partial charge in [-0.3, -0.25) is 0 Å². The van der Waals surface area contributed by atoms with Crippen LogP contribution in [-0.4, -0.2) is 43.4 Å². The number of aliphatic hydroxyl groups excluding tert-OH is 1. The summed E-state index contributed by atoms with van der Waals surface area (Å²) in [7, 11) is 1.60. The smallest absolute Gasteiger partial charge is 0.331 e. The SMILES string of the molecule is CCOC(=O)C(NC(=O)NCCc1ccc(OC)cc1)C(O)c1ccccc1. The van der Waals surface area contributed by atoms with Crippen molar-refractivity contribution in [3.05, 3.63) is 65.7 Å². The first-order valence-electron chi connectivity index (χ1n) is 9.12. The highest BCUT2D eigenvalue weighted by atomic mass is 16.5. The van der Waals surface area contributed by atoms with E-state index < -0.39 is 24.1 Å². The van der Waals surface area contributed by atoms with E-state index in [0.717, 1.165) is 11.3 Å². The minimum atomic E-state index is -1.22. The normalized spacial score (nSPS) is 12.5. The van der Waals surface area contributed by atoms with Crippen LogP contribution in [0.3, 0.4) is 0 Å². The Morgan fingerprint density at radius 3 is 2.36 bits per heavy atom. The van der Waals surface area contributed by atoms with E-state index >= 15 is 0 Å². The van der Waals surface area contributed by atoms with Gasteiger partial charge in [-0.05, 0) is 36.6 Å². The summed E-state index contributed by atoms with van der Waals surface area (Å²) in [6, 6.07) is 14.4. The summed E-state index contributed by atoms with van der Waals surface area (Å²) in [6.45, 7) is 2.19. The molecule has 2 unspecified atom stereocenters. The first-order valence-corrected chi connectivity index (χ1v) is 9.12. The van der Waals surface area contributed by atoms with E-state index in [2.05, 4.69) is 10.6 Å². The lowest BCUT2D eigenvalue weighted by atomic mass is 10.0. The molecular formula is C21H26N2O5. The Labute approximate surface area is 164 Å². The van der Waals surface area contributed by atoms with Gasteiger partial charge in [0.05, 0.1) is 13.7 Å². The Morgan fingerprint density at radius 2 is 1.75 bits per heavy atom. The number of amides is 2. The maximum Gasteiger partial charge on any atom is 0.331 e. The largest absolute Gasteiger partial charge is 0.497 e. The van der Waals surface area contributed by atoms with Gasteiger partial charge in [0.25, 0.3) is 0 Å². The van der Waals surface area contributed by atoms with Crippen molar-refractivity contribution < 1.29 is 24.2 Å². The summed E-state index contributed by atoms with van der Waals surface area (Å²) in [5, 5.41) is 15.7. The van der Waals surface area contributed by atoms with Crippen LogP contribution >= 0.6 is 0 Å². The molecule has 0 saturated heterocycles. The zero-order valence-corrected chi connectivity index (χ0v) is 16.1. The lowest BCUT2D eigenvalue weighted by molar-refractivity contribution is -0.148. The second-order valence-electron chi connectivity index (χ2n) is 6.08. The number of urea groups is 1. The molecular weight excluding hydrogens is 360 g/mol. The van der Waals surface area contributed by atoms with Crippen LogP contribution in [0.4, 0.5) is 4.79 Å². The molecule has 0 aliphatic heterocycles. The molecule has 0 radical (unpaired) electrons. The highest BCUT2D eigenvalue weighted by Gasteiger charge is 2.30. The summed E-state index contributed by atoms with van der Waals surface area (Å²) in [5.74, 6) is 0.0748. The number of hydrogen-bond donors (Lipinski definition) is 3. The van der Waals surface area contributed by atoms with Crippen LogP contribution in [0.1, 0.15) is 24.2 Å². The number of hydrogen-bond acceptors (Lipinski definition) is 5. The van der Waals surface area contributed by atoms with Crippen molar-refractivity contribution in [3.8, 4) is 5.75 Å². The fourth-order valence-corrected chi connectivity index (χ4v) is 2.65. The van der Waals surface area contributed by atoms with Crippen molar-refractivity contribution in [2.45, 2.75) is 25.5 Å². The molecule has 0 saturated carbocycles. The van der Waals surface area contributed by atoms with Crippen LogP contribution < -0.4 is 15.4 Å². The molecule has 0 spiro atoms. The molecule has 0 aromatic heterocycles. The number of carbonyl (C=O) groups excluding carboxylic acids is 2. The van der Waals surface area contributed by atoms with Crippen molar-refractivity contribution in [2.24, 2.45) is 0 Å². The average Bonchev–Trinajstić information content (AvgIpc) is 2.73. The molecule has 0 aliphatic rings. The van der Waals surface area contributed by atoms with E-state index in [-0.39, 0.29) is 6.61 Å². The zero-order chi connectivity index (χ0) is 20.4. The Bertz CT molecular complexity index is 749. The molecule has 0 aliphatic carbocycles. The lowest BCUT2D eigenvalue weighted by Crippen LogP contribution is -2.50. The van der Waals surface area contributed by atoms with Crippen LogP contribution in [0, 0.1) is 0 Å². The van der Waals surface area contributed by atoms with Gasteiger partial charge in [-0.25, -0.2) is 9.59 Å². The predicted molar refractivity (Wildman–Crippen MR) is 105 cm³/mol. The number of esters is 1. The third-order valence-corrected chi connectivity index (χ3v) is 4.14. The molecule has 0 fully saturated rings. The standard InChI is InChI=1S/C21H26N2O5/c1-3-28-20(25)18(19(24)16-7-5-4-6-8-16)23-21(26)22-14-13-15-9-11-17(27-2)12-10-15/h4-12,18-19,24H,3,13-14H2,1-2H3,(H2,22,23,26). The molecule has 2 aromatic carbocycles. The molecule has 2 atom stereocenters. The lowest BCUT2D eigenvalue weighted by Gasteiger charge is -2.23. The second-order valence-corrected chi connectivity index (χ2v) is 6.08. The van der Waals surface area contributed by atoms with Gasteiger partial charge >= 0.3 is 12.0 Å². The third kappa shape index (κ3) is 6.28. The number of nitrogens with one attached hydrogen (secondary N) is 2. The zero-order valence-electron chi connectivity index (χ0n) is 16.1. The molecule has 2 rings (SSSR count). The van der Waals surface area contributed by atoms with Gasteiger partial charge in [0, 0.05) is 6.54 Å². The minimum Gasteiger partial charge on any atom is -0.497 e. The summed E-state index contributed by atoms with van der Waals surface area (Å²) in [4.78, 5) is 24.4. The van der Waals surface area contributed by atoms with Crippen molar-refractivity contribution >= 4 is 12.0 Å². The van der Waals surface area contributed by atoms with E-state index in [1.54, 1.807) is 44.4 Å². The molecule has 0 heterocycles. The number of ether oxygens (including phenoxy) is 2. The first-order chi connectivity index (χ1) is 13.5. The van der Waals surface area contributed by atoms with Gasteiger partial charge in [-0.2, -0.15) is 0 Å². The first kappa shape index (κ1) is 21.2. The van der Waals surface area contributed by atoms with E-state index in [1.165, 1.54) is 0 Å². The van der Waals surface area contributed by atoms with Crippen LogP contribution in [0.5, 0.6) is 5.75 Å². The maximum atomic E-state index is 12.2. The molecule has 2 aromatic rings. The van der Waals surface area contributed by atoms with Crippen LogP contribution in [0.2, 0.25) is 0 Å². The minimum absolute atomic E-state index is 0.150. The topological polar surface area (TPSA) is 96.9 Å². The van der Waals surface area contributed by atoms with Crippen molar-refractivity contribution in [1.29, 1.82) is 0 Å². The Hall–Kier alpha value is -3.06. The van der Waals surface area contributed by atoms with Gasteiger partial charge in [0.15, 0.2) is 6.04 Å². The fourth-order valence-electron chi connectivity index (χ4n) is 2.65. The molecule has 2 amide bonds. The average molecular weight is 386 g/mol. The van der Waals surface area contributed by atoms with Gasteiger partial charge in [-0.1, -0.05) is 42.5 Å². The predicted octanol–water partition coefficient (Wildman–Crippen LogP) is 2.20. The van der Waals surface area contributed by atoms with Crippen LogP contribution in [0.25, 0.3) is 0 Å². The molecule has 28 heavy (non-hydrogen) atoms. The Balaban J connectivity index is 1.92. The summed E-state index contributed by atoms with van der Waals surface area (Å²) in [6.07, 6.45) is -0.601. The maximum absolute atomic E-state index is 12.2. The van der Waals surface area contributed by atoms with Gasteiger partial charge in [0.2, 0.25) is 0 Å². The highest BCUT2D eigenvalue weighted by Crippen LogP contribution is 2.17. The number of carbonyl (C=O) groups is 2. The van der Waals surface area contributed by atoms with Gasteiger partial charge < -0.3 is 25.2 Å². The molecule has 7 nitrogen and oxygen atoms in total. The van der Waals surface area contributed by atoms with E-state index in [4.69, 9.17) is 9.47 Å². The highest BCUT2D eigenvalue weighted by molar-refractivity contribution is 5.84. The van der Waals surface area contributed by atoms with E-state index in [1.807, 2.05) is 24.3 Å². The summed E-state index contributed by atoms with van der Waals surface area (Å²) >= 11 is 0. The van der Waals surface area contributed by atoms with E-state index in [0.29, 0.717) is 18.5 Å².